The molecule has 96 valence electrons. The standard InChI is InChI=1S/C12H19NO4/c1-2-8-7-17-6-5-13(8)11(14)9-3-4-10(9)12(15)16/h8-10H,2-7H2,1H3,(H,15,16). The fourth-order valence-corrected chi connectivity index (χ4v) is 2.59. The Morgan fingerprint density at radius 3 is 2.59 bits per heavy atom. The number of carbonyl (C=O) groups excluding carboxylic acids is 1. The highest BCUT2D eigenvalue weighted by Crippen LogP contribution is 2.36. The van der Waals surface area contributed by atoms with E-state index in [-0.39, 0.29) is 17.9 Å². The van der Waals surface area contributed by atoms with Crippen LogP contribution >= 0.6 is 0 Å². The molecule has 5 nitrogen and oxygen atoms in total. The summed E-state index contributed by atoms with van der Waals surface area (Å²) in [5.41, 5.74) is 0. The molecule has 5 heteroatoms. The van der Waals surface area contributed by atoms with Crippen molar-refractivity contribution in [2.24, 2.45) is 11.8 Å². The van der Waals surface area contributed by atoms with Gasteiger partial charge in [-0.15, -0.1) is 0 Å². The van der Waals surface area contributed by atoms with Crippen molar-refractivity contribution in [2.75, 3.05) is 19.8 Å². The van der Waals surface area contributed by atoms with Crippen LogP contribution in [-0.2, 0) is 14.3 Å². The van der Waals surface area contributed by atoms with Crippen LogP contribution in [0.2, 0.25) is 0 Å². The maximum absolute atomic E-state index is 12.3. The van der Waals surface area contributed by atoms with Crippen LogP contribution in [0.15, 0.2) is 0 Å². The van der Waals surface area contributed by atoms with E-state index in [0.29, 0.717) is 32.6 Å². The lowest BCUT2D eigenvalue weighted by Gasteiger charge is -2.41. The first-order valence-electron chi connectivity index (χ1n) is 6.26. The van der Waals surface area contributed by atoms with E-state index in [4.69, 9.17) is 9.84 Å². The van der Waals surface area contributed by atoms with Gasteiger partial charge in [0.2, 0.25) is 5.91 Å². The van der Waals surface area contributed by atoms with E-state index in [2.05, 4.69) is 0 Å². The summed E-state index contributed by atoms with van der Waals surface area (Å²) in [4.78, 5) is 25.0. The van der Waals surface area contributed by atoms with Gasteiger partial charge in [-0.25, -0.2) is 0 Å². The number of amides is 1. The molecule has 1 saturated carbocycles. The zero-order valence-corrected chi connectivity index (χ0v) is 10.1. The zero-order valence-electron chi connectivity index (χ0n) is 10.1. The van der Waals surface area contributed by atoms with Gasteiger partial charge in [-0.05, 0) is 19.3 Å². The van der Waals surface area contributed by atoms with Gasteiger partial charge in [-0.2, -0.15) is 0 Å². The Morgan fingerprint density at radius 2 is 2.06 bits per heavy atom. The van der Waals surface area contributed by atoms with Crippen molar-refractivity contribution in [3.05, 3.63) is 0 Å². The average molecular weight is 241 g/mol. The van der Waals surface area contributed by atoms with Crippen LogP contribution < -0.4 is 0 Å². The molecule has 1 N–H and O–H groups in total. The van der Waals surface area contributed by atoms with Crippen LogP contribution in [0.3, 0.4) is 0 Å². The largest absolute Gasteiger partial charge is 0.481 e. The Labute approximate surface area is 101 Å². The molecule has 17 heavy (non-hydrogen) atoms. The van der Waals surface area contributed by atoms with Crippen molar-refractivity contribution in [3.8, 4) is 0 Å². The number of nitrogens with zero attached hydrogens (tertiary/aromatic N) is 1. The SMILES string of the molecule is CCC1COCCN1C(=O)C1CCC1C(=O)O. The van der Waals surface area contributed by atoms with Crippen LogP contribution in [0.4, 0.5) is 0 Å². The second-order valence-corrected chi connectivity index (χ2v) is 4.80. The van der Waals surface area contributed by atoms with Gasteiger partial charge in [-0.3, -0.25) is 9.59 Å². The molecule has 2 fully saturated rings. The molecule has 0 aromatic rings. The molecule has 0 radical (unpaired) electrons. The fraction of sp³-hybridized carbons (Fsp3) is 0.833. The van der Waals surface area contributed by atoms with Gasteiger partial charge in [-0.1, -0.05) is 6.92 Å². The van der Waals surface area contributed by atoms with Crippen molar-refractivity contribution < 1.29 is 19.4 Å². The molecule has 3 unspecified atom stereocenters. The normalized spacial score (nSPS) is 33.0. The first kappa shape index (κ1) is 12.4. The summed E-state index contributed by atoms with van der Waals surface area (Å²) >= 11 is 0. The van der Waals surface area contributed by atoms with Crippen molar-refractivity contribution >= 4 is 11.9 Å². The lowest BCUT2D eigenvalue weighted by atomic mass is 9.72. The van der Waals surface area contributed by atoms with Crippen molar-refractivity contribution in [3.63, 3.8) is 0 Å². The molecule has 1 heterocycles. The topological polar surface area (TPSA) is 66.8 Å². The lowest BCUT2D eigenvalue weighted by Crippen LogP contribution is -2.54. The molecule has 0 bridgehead atoms. The van der Waals surface area contributed by atoms with Gasteiger partial charge in [0.15, 0.2) is 0 Å². The second kappa shape index (κ2) is 5.04. The quantitative estimate of drug-likeness (QED) is 0.791. The van der Waals surface area contributed by atoms with E-state index in [0.717, 1.165) is 6.42 Å². The van der Waals surface area contributed by atoms with E-state index < -0.39 is 11.9 Å². The van der Waals surface area contributed by atoms with Crippen LogP contribution in [0.25, 0.3) is 0 Å². The Balaban J connectivity index is 2.01. The number of carbonyl (C=O) groups is 2. The Kier molecular flexibility index (Phi) is 3.66. The minimum absolute atomic E-state index is 0.0128. The van der Waals surface area contributed by atoms with E-state index >= 15 is 0 Å². The summed E-state index contributed by atoms with van der Waals surface area (Å²) in [6, 6.07) is 0.117. The third-order valence-corrected chi connectivity index (χ3v) is 3.89. The Hall–Kier alpha value is -1.10. The fourth-order valence-electron chi connectivity index (χ4n) is 2.59. The minimum atomic E-state index is -0.837. The Morgan fingerprint density at radius 1 is 1.35 bits per heavy atom. The second-order valence-electron chi connectivity index (χ2n) is 4.80. The van der Waals surface area contributed by atoms with Gasteiger partial charge >= 0.3 is 5.97 Å². The van der Waals surface area contributed by atoms with Crippen LogP contribution in [0.1, 0.15) is 26.2 Å². The molecular weight excluding hydrogens is 222 g/mol. The molecule has 3 atom stereocenters. The predicted molar refractivity (Wildman–Crippen MR) is 60.5 cm³/mol. The number of aliphatic carboxylic acids is 1. The van der Waals surface area contributed by atoms with E-state index in [1.165, 1.54) is 0 Å². The minimum Gasteiger partial charge on any atom is -0.481 e. The highest BCUT2D eigenvalue weighted by molar-refractivity contribution is 5.86. The molecular formula is C12H19NO4. The molecule has 1 saturated heterocycles. The number of carboxylic acids is 1. The molecule has 0 aromatic carbocycles. The first-order chi connectivity index (χ1) is 8.15. The molecule has 1 aliphatic carbocycles. The van der Waals surface area contributed by atoms with Crippen molar-refractivity contribution in [1.29, 1.82) is 0 Å². The van der Waals surface area contributed by atoms with Crippen molar-refractivity contribution in [1.82, 2.24) is 4.90 Å². The lowest BCUT2D eigenvalue weighted by molar-refractivity contribution is -0.160. The molecule has 2 rings (SSSR count). The highest BCUT2D eigenvalue weighted by atomic mass is 16.5. The summed E-state index contributed by atoms with van der Waals surface area (Å²) in [6.07, 6.45) is 2.20. The Bertz CT molecular complexity index is 318. The van der Waals surface area contributed by atoms with E-state index in [1.807, 2.05) is 11.8 Å². The summed E-state index contributed by atoms with van der Waals surface area (Å²) in [6.45, 7) is 3.76. The summed E-state index contributed by atoms with van der Waals surface area (Å²) < 4.78 is 5.35. The smallest absolute Gasteiger partial charge is 0.307 e. The maximum Gasteiger partial charge on any atom is 0.307 e. The maximum atomic E-state index is 12.3. The van der Waals surface area contributed by atoms with Gasteiger partial charge < -0.3 is 14.7 Å². The average Bonchev–Trinajstić information content (AvgIpc) is 2.26. The van der Waals surface area contributed by atoms with Gasteiger partial charge in [0, 0.05) is 6.54 Å². The zero-order chi connectivity index (χ0) is 12.4. The highest BCUT2D eigenvalue weighted by Gasteiger charge is 2.44. The van der Waals surface area contributed by atoms with Gasteiger partial charge in [0.1, 0.15) is 0 Å². The first-order valence-corrected chi connectivity index (χ1v) is 6.26. The number of ether oxygens (including phenoxy) is 1. The molecule has 0 spiro atoms. The summed E-state index contributed by atoms with van der Waals surface area (Å²) in [5.74, 6) is -1.60. The number of morpholine rings is 1. The number of hydrogen-bond donors (Lipinski definition) is 1. The number of hydrogen-bond acceptors (Lipinski definition) is 3. The van der Waals surface area contributed by atoms with E-state index in [9.17, 15) is 9.59 Å². The van der Waals surface area contributed by atoms with Crippen LogP contribution in [-0.4, -0.2) is 47.7 Å². The monoisotopic (exact) mass is 241 g/mol. The predicted octanol–water partition coefficient (Wildman–Crippen LogP) is 0.735. The number of rotatable bonds is 3. The summed E-state index contributed by atoms with van der Waals surface area (Å²) in [7, 11) is 0. The molecule has 0 aromatic heterocycles. The number of carboxylic acid groups (broad SMARTS) is 1. The molecule has 1 amide bonds. The molecule has 2 aliphatic rings. The van der Waals surface area contributed by atoms with Gasteiger partial charge in [0.05, 0.1) is 31.1 Å². The molecule has 1 aliphatic heterocycles. The van der Waals surface area contributed by atoms with Gasteiger partial charge in [0.25, 0.3) is 0 Å². The van der Waals surface area contributed by atoms with Crippen molar-refractivity contribution in [2.45, 2.75) is 32.2 Å². The van der Waals surface area contributed by atoms with E-state index in [1.54, 1.807) is 0 Å². The summed E-state index contributed by atoms with van der Waals surface area (Å²) in [5, 5.41) is 8.98. The van der Waals surface area contributed by atoms with Crippen LogP contribution in [0.5, 0.6) is 0 Å². The third-order valence-electron chi connectivity index (χ3n) is 3.89. The third kappa shape index (κ3) is 2.29. The van der Waals surface area contributed by atoms with Crippen LogP contribution in [0, 0.1) is 11.8 Å².